The molecule has 0 bridgehead atoms. The number of nitrogens with zero attached hydrogens (tertiary/aromatic N) is 1. The van der Waals surface area contributed by atoms with Crippen molar-refractivity contribution in [2.45, 2.75) is 39.2 Å². The number of fused-ring (bicyclic) bond motifs is 1. The monoisotopic (exact) mass is 300 g/mol. The van der Waals surface area contributed by atoms with Crippen LogP contribution in [-0.2, 0) is 19.4 Å². The summed E-state index contributed by atoms with van der Waals surface area (Å²) in [4.78, 5) is 18.6. The van der Waals surface area contributed by atoms with E-state index < -0.39 is 0 Å². The van der Waals surface area contributed by atoms with Gasteiger partial charge in [0.25, 0.3) is 5.91 Å². The molecule has 3 nitrogen and oxygen atoms in total. The molecule has 21 heavy (non-hydrogen) atoms. The third-order valence-corrected chi connectivity index (χ3v) is 5.40. The number of hydrogen-bond acceptors (Lipinski definition) is 3. The van der Waals surface area contributed by atoms with Crippen LogP contribution in [0.4, 0.5) is 0 Å². The highest BCUT2D eigenvalue weighted by atomic mass is 32.1. The van der Waals surface area contributed by atoms with Gasteiger partial charge in [-0.2, -0.15) is 0 Å². The van der Waals surface area contributed by atoms with Crippen molar-refractivity contribution in [2.24, 2.45) is 5.92 Å². The fraction of sp³-hybridized carbons (Fsp3) is 0.412. The van der Waals surface area contributed by atoms with Crippen LogP contribution in [0.25, 0.3) is 0 Å². The molecule has 1 aliphatic rings. The largest absolute Gasteiger partial charge is 0.347 e. The molecule has 2 heterocycles. The lowest BCUT2D eigenvalue weighted by Gasteiger charge is -2.19. The van der Waals surface area contributed by atoms with Crippen molar-refractivity contribution in [1.82, 2.24) is 10.3 Å². The Morgan fingerprint density at radius 1 is 1.52 bits per heavy atom. The Bertz CT molecular complexity index is 621. The lowest BCUT2D eigenvalue weighted by Crippen LogP contribution is -2.21. The van der Waals surface area contributed by atoms with E-state index in [2.05, 4.69) is 23.3 Å². The highest BCUT2D eigenvalue weighted by Gasteiger charge is 2.21. The SMILES string of the molecule is CC[C@@H]1CCc2sc(C(=O)NCc3cccnc3)cc2C1. The van der Waals surface area contributed by atoms with E-state index in [-0.39, 0.29) is 5.91 Å². The number of thiophene rings is 1. The van der Waals surface area contributed by atoms with Crippen LogP contribution in [0.3, 0.4) is 0 Å². The molecule has 0 saturated heterocycles. The topological polar surface area (TPSA) is 42.0 Å². The van der Waals surface area contributed by atoms with E-state index in [9.17, 15) is 4.79 Å². The van der Waals surface area contributed by atoms with Crippen molar-refractivity contribution in [1.29, 1.82) is 0 Å². The Morgan fingerprint density at radius 3 is 3.19 bits per heavy atom. The highest BCUT2D eigenvalue weighted by molar-refractivity contribution is 7.14. The molecule has 110 valence electrons. The first-order valence-electron chi connectivity index (χ1n) is 7.55. The first kappa shape index (κ1) is 14.3. The van der Waals surface area contributed by atoms with Gasteiger partial charge >= 0.3 is 0 Å². The van der Waals surface area contributed by atoms with Crippen LogP contribution in [0.5, 0.6) is 0 Å². The number of nitrogens with one attached hydrogen (secondary N) is 1. The first-order chi connectivity index (χ1) is 10.3. The second kappa shape index (κ2) is 6.39. The number of aryl methyl sites for hydroxylation is 1. The zero-order chi connectivity index (χ0) is 14.7. The maximum atomic E-state index is 12.3. The number of pyridine rings is 1. The molecule has 1 atom stereocenters. The summed E-state index contributed by atoms with van der Waals surface area (Å²) >= 11 is 1.66. The number of aromatic nitrogens is 1. The summed E-state index contributed by atoms with van der Waals surface area (Å²) in [7, 11) is 0. The number of carbonyl (C=O) groups excluding carboxylic acids is 1. The average Bonchev–Trinajstić information content (AvgIpc) is 2.96. The van der Waals surface area contributed by atoms with Gasteiger partial charge in [-0.25, -0.2) is 0 Å². The Balaban J connectivity index is 1.65. The predicted octanol–water partition coefficient (Wildman–Crippen LogP) is 3.59. The molecular weight excluding hydrogens is 280 g/mol. The standard InChI is InChI=1S/C17H20N2OS/c1-2-12-5-6-15-14(8-12)9-16(21-15)17(20)19-11-13-4-3-7-18-10-13/h3-4,7,9-10,12H,2,5-6,8,11H2,1H3,(H,19,20)/t12-/m1/s1. The van der Waals surface area contributed by atoms with E-state index in [1.54, 1.807) is 23.7 Å². The molecule has 0 aromatic carbocycles. The van der Waals surface area contributed by atoms with Crippen molar-refractivity contribution in [3.8, 4) is 0 Å². The number of hydrogen-bond donors (Lipinski definition) is 1. The molecule has 4 heteroatoms. The van der Waals surface area contributed by atoms with E-state index in [4.69, 9.17) is 0 Å². The molecule has 1 aliphatic carbocycles. The van der Waals surface area contributed by atoms with Crippen molar-refractivity contribution >= 4 is 17.2 Å². The van der Waals surface area contributed by atoms with Crippen molar-refractivity contribution in [2.75, 3.05) is 0 Å². The molecule has 1 N–H and O–H groups in total. The Labute approximate surface area is 129 Å². The third kappa shape index (κ3) is 3.32. The van der Waals surface area contributed by atoms with Crippen LogP contribution in [0, 0.1) is 5.92 Å². The highest BCUT2D eigenvalue weighted by Crippen LogP contribution is 2.33. The van der Waals surface area contributed by atoms with Crippen molar-refractivity contribution in [3.63, 3.8) is 0 Å². The van der Waals surface area contributed by atoms with Gasteiger partial charge in [0.05, 0.1) is 4.88 Å². The minimum absolute atomic E-state index is 0.0336. The van der Waals surface area contributed by atoms with Crippen LogP contribution in [0.1, 0.15) is 45.4 Å². The Kier molecular flexibility index (Phi) is 4.34. The van der Waals surface area contributed by atoms with Crippen LogP contribution in [0.2, 0.25) is 0 Å². The maximum absolute atomic E-state index is 12.3. The molecule has 0 unspecified atom stereocenters. The predicted molar refractivity (Wildman–Crippen MR) is 85.5 cm³/mol. The number of carbonyl (C=O) groups is 1. The summed E-state index contributed by atoms with van der Waals surface area (Å²) in [5.41, 5.74) is 2.42. The lowest BCUT2D eigenvalue weighted by molar-refractivity contribution is 0.0955. The van der Waals surface area contributed by atoms with Gasteiger partial charge in [-0.05, 0) is 48.4 Å². The van der Waals surface area contributed by atoms with Crippen LogP contribution < -0.4 is 5.32 Å². The Hall–Kier alpha value is -1.68. The van der Waals surface area contributed by atoms with Gasteiger partial charge in [-0.1, -0.05) is 19.4 Å². The van der Waals surface area contributed by atoms with Gasteiger partial charge in [0.1, 0.15) is 0 Å². The molecule has 0 spiro atoms. The summed E-state index contributed by atoms with van der Waals surface area (Å²) in [5, 5.41) is 2.98. The van der Waals surface area contributed by atoms with Gasteiger partial charge < -0.3 is 5.32 Å². The lowest BCUT2D eigenvalue weighted by atomic mass is 9.87. The first-order valence-corrected chi connectivity index (χ1v) is 8.36. The van der Waals surface area contributed by atoms with Gasteiger partial charge in [-0.3, -0.25) is 9.78 Å². The minimum atomic E-state index is 0.0336. The molecule has 0 fully saturated rings. The average molecular weight is 300 g/mol. The minimum Gasteiger partial charge on any atom is -0.347 e. The third-order valence-electron chi connectivity index (χ3n) is 4.16. The Morgan fingerprint density at radius 2 is 2.43 bits per heavy atom. The van der Waals surface area contributed by atoms with E-state index in [1.165, 1.54) is 23.3 Å². The summed E-state index contributed by atoms with van der Waals surface area (Å²) in [5.74, 6) is 0.824. The zero-order valence-corrected chi connectivity index (χ0v) is 13.1. The molecule has 3 rings (SSSR count). The van der Waals surface area contributed by atoms with Crippen molar-refractivity contribution < 1.29 is 4.79 Å². The van der Waals surface area contributed by atoms with Gasteiger partial charge in [0.2, 0.25) is 0 Å². The maximum Gasteiger partial charge on any atom is 0.261 e. The zero-order valence-electron chi connectivity index (χ0n) is 12.3. The van der Waals surface area contributed by atoms with Crippen LogP contribution >= 0.6 is 11.3 Å². The summed E-state index contributed by atoms with van der Waals surface area (Å²) in [6.07, 6.45) is 8.29. The second-order valence-corrected chi connectivity index (χ2v) is 6.76. The molecule has 0 saturated carbocycles. The molecule has 1 amide bonds. The van der Waals surface area contributed by atoms with Gasteiger partial charge in [0, 0.05) is 23.8 Å². The van der Waals surface area contributed by atoms with E-state index >= 15 is 0 Å². The second-order valence-electron chi connectivity index (χ2n) is 5.62. The van der Waals surface area contributed by atoms with Gasteiger partial charge in [0.15, 0.2) is 0 Å². The molecule has 0 aliphatic heterocycles. The fourth-order valence-corrected chi connectivity index (χ4v) is 3.96. The molecule has 2 aromatic rings. The molecule has 2 aromatic heterocycles. The normalized spacial score (nSPS) is 17.3. The fourth-order valence-electron chi connectivity index (χ4n) is 2.83. The van der Waals surface area contributed by atoms with E-state index in [0.29, 0.717) is 6.54 Å². The summed E-state index contributed by atoms with van der Waals surface area (Å²) in [6, 6.07) is 5.95. The van der Waals surface area contributed by atoms with Crippen molar-refractivity contribution in [3.05, 3.63) is 51.5 Å². The molecular formula is C17H20N2OS. The van der Waals surface area contributed by atoms with Crippen LogP contribution in [0.15, 0.2) is 30.6 Å². The summed E-state index contributed by atoms with van der Waals surface area (Å²) in [6.45, 7) is 2.79. The number of amides is 1. The number of rotatable bonds is 4. The summed E-state index contributed by atoms with van der Waals surface area (Å²) < 4.78 is 0. The molecule has 0 radical (unpaired) electrons. The quantitative estimate of drug-likeness (QED) is 0.937. The smallest absolute Gasteiger partial charge is 0.261 e. The van der Waals surface area contributed by atoms with Gasteiger partial charge in [-0.15, -0.1) is 11.3 Å². The van der Waals surface area contributed by atoms with E-state index in [0.717, 1.165) is 29.2 Å². The van der Waals surface area contributed by atoms with E-state index in [1.807, 2.05) is 12.1 Å². The van der Waals surface area contributed by atoms with Crippen LogP contribution in [-0.4, -0.2) is 10.9 Å².